The number of allylic oxidation sites excluding steroid dienone is 6. The van der Waals surface area contributed by atoms with Gasteiger partial charge in [-0.25, -0.2) is 0 Å². The smallest absolute Gasteiger partial charge is 0.0160 e. The lowest BCUT2D eigenvalue weighted by atomic mass is 10.2. The Balaban J connectivity index is 2.82. The summed E-state index contributed by atoms with van der Waals surface area (Å²) in [6, 6.07) is 0. The summed E-state index contributed by atoms with van der Waals surface area (Å²) in [6.07, 6.45) is 9.85. The van der Waals surface area contributed by atoms with Crippen LogP contribution in [0.2, 0.25) is 0 Å². The Hall–Kier alpha value is -0.780. The Morgan fingerprint density at radius 3 is 2.78 bits per heavy atom. The molecule has 0 unspecified atom stereocenters. The zero-order valence-electron chi connectivity index (χ0n) is 6.02. The van der Waals surface area contributed by atoms with Crippen LogP contribution in [0, 0.1) is 0 Å². The molecule has 0 bridgehead atoms. The van der Waals surface area contributed by atoms with Crippen LogP contribution in [0.3, 0.4) is 0 Å². The summed E-state index contributed by atoms with van der Waals surface area (Å²) >= 11 is 0. The van der Waals surface area contributed by atoms with Crippen LogP contribution >= 0.6 is 0 Å². The normalized spacial score (nSPS) is 18.4. The molecule has 0 saturated carbocycles. The largest absolute Gasteiger partial charge is 0.0805 e. The molecule has 0 aromatic heterocycles. The van der Waals surface area contributed by atoms with Crippen LogP contribution in [0.25, 0.3) is 0 Å². The van der Waals surface area contributed by atoms with Gasteiger partial charge in [0.15, 0.2) is 0 Å². The van der Waals surface area contributed by atoms with Crippen LogP contribution in [0.1, 0.15) is 20.3 Å². The minimum Gasteiger partial charge on any atom is -0.0805 e. The summed E-state index contributed by atoms with van der Waals surface area (Å²) in [5, 5.41) is 0. The average Bonchev–Trinajstić information content (AvgIpc) is 1.93. The fourth-order valence-corrected chi connectivity index (χ4v) is 0.974. The Labute approximate surface area is 56.6 Å². The van der Waals surface area contributed by atoms with Gasteiger partial charge in [-0.3, -0.25) is 0 Å². The van der Waals surface area contributed by atoms with Gasteiger partial charge in [0.1, 0.15) is 0 Å². The summed E-state index contributed by atoms with van der Waals surface area (Å²) in [4.78, 5) is 0. The monoisotopic (exact) mass is 120 g/mol. The van der Waals surface area contributed by atoms with Gasteiger partial charge in [-0.15, -0.1) is 0 Å². The van der Waals surface area contributed by atoms with Gasteiger partial charge >= 0.3 is 0 Å². The number of rotatable bonds is 0. The van der Waals surface area contributed by atoms with Gasteiger partial charge in [-0.1, -0.05) is 35.5 Å². The van der Waals surface area contributed by atoms with Crippen molar-refractivity contribution in [3.05, 3.63) is 35.5 Å². The van der Waals surface area contributed by atoms with Gasteiger partial charge in [0.25, 0.3) is 0 Å². The molecular formula is C9H12. The molecule has 48 valence electrons. The van der Waals surface area contributed by atoms with E-state index in [-0.39, 0.29) is 0 Å². The summed E-state index contributed by atoms with van der Waals surface area (Å²) in [5.41, 5.74) is 2.72. The number of hydrogen-bond donors (Lipinski definition) is 0. The molecular weight excluding hydrogens is 108 g/mol. The van der Waals surface area contributed by atoms with Gasteiger partial charge in [-0.2, -0.15) is 0 Å². The molecule has 0 aliphatic heterocycles. The first-order chi connectivity index (χ1) is 4.29. The Bertz CT molecular complexity index is 180. The quantitative estimate of drug-likeness (QED) is 0.461. The summed E-state index contributed by atoms with van der Waals surface area (Å²) < 4.78 is 0. The molecule has 1 rings (SSSR count). The highest BCUT2D eigenvalue weighted by atomic mass is 13.9. The van der Waals surface area contributed by atoms with E-state index in [1.807, 2.05) is 0 Å². The van der Waals surface area contributed by atoms with E-state index in [1.54, 1.807) is 0 Å². The molecule has 1 aliphatic rings. The highest BCUT2D eigenvalue weighted by Crippen LogP contribution is 2.08. The van der Waals surface area contributed by atoms with E-state index in [0.29, 0.717) is 0 Å². The zero-order valence-corrected chi connectivity index (χ0v) is 6.02. The predicted molar refractivity (Wildman–Crippen MR) is 41.3 cm³/mol. The lowest BCUT2D eigenvalue weighted by Crippen LogP contribution is -1.67. The second-order valence-corrected chi connectivity index (χ2v) is 2.47. The van der Waals surface area contributed by atoms with Crippen LogP contribution < -0.4 is 0 Å². The van der Waals surface area contributed by atoms with Gasteiger partial charge < -0.3 is 0 Å². The summed E-state index contributed by atoms with van der Waals surface area (Å²) in [5.74, 6) is 0. The third-order valence-corrected chi connectivity index (χ3v) is 1.41. The van der Waals surface area contributed by atoms with E-state index >= 15 is 0 Å². The van der Waals surface area contributed by atoms with Crippen LogP contribution in [0.4, 0.5) is 0 Å². The Morgan fingerprint density at radius 1 is 1.22 bits per heavy atom. The van der Waals surface area contributed by atoms with E-state index in [9.17, 15) is 0 Å². The first kappa shape index (κ1) is 6.34. The van der Waals surface area contributed by atoms with Gasteiger partial charge in [0.2, 0.25) is 0 Å². The summed E-state index contributed by atoms with van der Waals surface area (Å²) in [7, 11) is 0. The van der Waals surface area contributed by atoms with Crippen molar-refractivity contribution in [3.63, 3.8) is 0 Å². The molecule has 0 aromatic rings. The van der Waals surface area contributed by atoms with Gasteiger partial charge in [0.05, 0.1) is 0 Å². The first-order valence-electron chi connectivity index (χ1n) is 3.30. The van der Waals surface area contributed by atoms with Gasteiger partial charge in [0, 0.05) is 0 Å². The van der Waals surface area contributed by atoms with Crippen molar-refractivity contribution < 1.29 is 0 Å². The second-order valence-electron chi connectivity index (χ2n) is 2.47. The molecule has 0 heteroatoms. The highest BCUT2D eigenvalue weighted by Gasteiger charge is 1.87. The third kappa shape index (κ3) is 1.88. The maximum atomic E-state index is 2.23. The van der Waals surface area contributed by atoms with Crippen LogP contribution in [-0.2, 0) is 0 Å². The van der Waals surface area contributed by atoms with Crippen LogP contribution in [-0.4, -0.2) is 0 Å². The van der Waals surface area contributed by atoms with Crippen LogP contribution in [0.5, 0.6) is 0 Å². The standard InChI is InChI=1S/C9H12/c1-8-5-3-4-6-9(2)7-8/h3,5-7H,4H2,1-2H3. The maximum Gasteiger partial charge on any atom is -0.0160 e. The van der Waals surface area contributed by atoms with Crippen molar-refractivity contribution >= 4 is 0 Å². The number of hydrogen-bond acceptors (Lipinski definition) is 0. The lowest BCUT2D eigenvalue weighted by molar-refractivity contribution is 1.35. The molecule has 0 aromatic carbocycles. The summed E-state index contributed by atoms with van der Waals surface area (Å²) in [6.45, 7) is 4.26. The zero-order chi connectivity index (χ0) is 6.69. The minimum atomic E-state index is 1.08. The van der Waals surface area contributed by atoms with Crippen molar-refractivity contribution in [2.24, 2.45) is 0 Å². The highest BCUT2D eigenvalue weighted by molar-refractivity contribution is 5.30. The second kappa shape index (κ2) is 2.67. The van der Waals surface area contributed by atoms with Crippen molar-refractivity contribution in [1.82, 2.24) is 0 Å². The first-order valence-corrected chi connectivity index (χ1v) is 3.30. The molecule has 0 atom stereocenters. The van der Waals surface area contributed by atoms with E-state index in [1.165, 1.54) is 11.1 Å². The fourth-order valence-electron chi connectivity index (χ4n) is 0.974. The van der Waals surface area contributed by atoms with E-state index < -0.39 is 0 Å². The molecule has 0 N–H and O–H groups in total. The third-order valence-electron chi connectivity index (χ3n) is 1.41. The molecule has 0 radical (unpaired) electrons. The van der Waals surface area contributed by atoms with Crippen molar-refractivity contribution in [1.29, 1.82) is 0 Å². The Morgan fingerprint density at radius 2 is 2.00 bits per heavy atom. The van der Waals surface area contributed by atoms with Crippen LogP contribution in [0.15, 0.2) is 35.5 Å². The van der Waals surface area contributed by atoms with E-state index in [2.05, 4.69) is 38.2 Å². The minimum absolute atomic E-state index is 1.08. The van der Waals surface area contributed by atoms with Crippen molar-refractivity contribution in [2.75, 3.05) is 0 Å². The molecule has 0 saturated heterocycles. The average molecular weight is 120 g/mol. The predicted octanol–water partition coefficient (Wildman–Crippen LogP) is 2.84. The molecule has 0 amide bonds. The molecule has 0 fully saturated rings. The fraction of sp³-hybridized carbons (Fsp3) is 0.333. The molecule has 1 aliphatic carbocycles. The van der Waals surface area contributed by atoms with E-state index in [4.69, 9.17) is 0 Å². The maximum absolute atomic E-state index is 2.23. The molecule has 9 heavy (non-hydrogen) atoms. The lowest BCUT2D eigenvalue weighted by Gasteiger charge is -1.88. The Kier molecular flexibility index (Phi) is 1.88. The topological polar surface area (TPSA) is 0 Å². The molecule has 0 heterocycles. The molecule has 0 nitrogen and oxygen atoms in total. The van der Waals surface area contributed by atoms with Gasteiger partial charge in [-0.05, 0) is 20.3 Å². The molecule has 0 spiro atoms. The van der Waals surface area contributed by atoms with Crippen molar-refractivity contribution in [2.45, 2.75) is 20.3 Å². The van der Waals surface area contributed by atoms with Crippen molar-refractivity contribution in [3.8, 4) is 0 Å². The van der Waals surface area contributed by atoms with E-state index in [0.717, 1.165) is 6.42 Å². The SMILES string of the molecule is CC1=CCC=CC(C)=C1.